The molecule has 2 atom stereocenters. The number of aromatic nitrogens is 2. The zero-order chi connectivity index (χ0) is 30.2. The Morgan fingerprint density at radius 1 is 1.02 bits per heavy atom. The van der Waals surface area contributed by atoms with Gasteiger partial charge in [0, 0.05) is 51.4 Å². The molecule has 0 spiro atoms. The third kappa shape index (κ3) is 6.42. The smallest absolute Gasteiger partial charge is 0.409 e. The molecule has 0 unspecified atom stereocenters. The van der Waals surface area contributed by atoms with Crippen LogP contribution in [0.1, 0.15) is 31.1 Å². The molecule has 0 saturated carbocycles. The summed E-state index contributed by atoms with van der Waals surface area (Å²) in [6, 6.07) is 6.19. The highest BCUT2D eigenvalue weighted by molar-refractivity contribution is 7.88. The van der Waals surface area contributed by atoms with E-state index < -0.39 is 16.1 Å². The first-order chi connectivity index (χ1) is 19.9. The Hall–Kier alpha value is -3.56. The molecule has 3 fully saturated rings. The highest BCUT2D eigenvalue weighted by atomic mass is 35.5. The number of aromatic amines is 1. The Labute approximate surface area is 249 Å². The third-order valence-electron chi connectivity index (χ3n) is 8.46. The average Bonchev–Trinajstić information content (AvgIpc) is 3.56. The van der Waals surface area contributed by atoms with Crippen LogP contribution in [0.15, 0.2) is 24.3 Å². The molecule has 228 valence electrons. The topological polar surface area (TPSA) is 195 Å². The minimum atomic E-state index is -3.24. The van der Waals surface area contributed by atoms with Crippen LogP contribution >= 0.6 is 11.6 Å². The first-order valence-electron chi connectivity index (χ1n) is 13.8. The van der Waals surface area contributed by atoms with E-state index >= 15 is 0 Å². The average molecular weight is 622 g/mol. The summed E-state index contributed by atoms with van der Waals surface area (Å²) in [6.45, 7) is 3.33. The Kier molecular flexibility index (Phi) is 8.53. The van der Waals surface area contributed by atoms with Crippen molar-refractivity contribution in [3.05, 3.63) is 35.2 Å². The Balaban J connectivity index is 1.37. The van der Waals surface area contributed by atoms with Crippen LogP contribution in [0.2, 0.25) is 5.15 Å². The number of guanidine groups is 1. The molecule has 6 N–H and O–H groups in total. The second kappa shape index (κ2) is 12.0. The highest BCUT2D eigenvalue weighted by Gasteiger charge is 2.44. The number of H-pyrrole nitrogens is 1. The van der Waals surface area contributed by atoms with E-state index in [1.54, 1.807) is 34.1 Å². The maximum absolute atomic E-state index is 13.9. The summed E-state index contributed by atoms with van der Waals surface area (Å²) >= 11 is 6.59. The number of ether oxygens (including phenoxy) is 1. The molecule has 3 saturated heterocycles. The molecule has 3 amide bonds. The molecule has 1 aromatic carbocycles. The van der Waals surface area contributed by atoms with Gasteiger partial charge >= 0.3 is 12.1 Å². The number of hydrogen-bond donors (Lipinski definition) is 4. The first kappa shape index (κ1) is 29.9. The first-order valence-corrected chi connectivity index (χ1v) is 16.1. The van der Waals surface area contributed by atoms with Gasteiger partial charge in [-0.05, 0) is 55.4 Å². The standard InChI is InChI=1S/C26H36ClN9O5S/c1-42(39,40)35-8-6-16(7-9-35)18-14-20(36(15-18)26(38)34-12-10-33(11-13-34)24(28)29)23-31-21(22(27)32-23)17-2-4-19(5-3-17)41-25(30)37/h2-5,16,18,20H,6-15H2,1H3,(H3,28,29)(H2,30,37)(H,31,32)/t18-,20-/m0/s1. The van der Waals surface area contributed by atoms with Gasteiger partial charge in [-0.2, -0.15) is 0 Å². The van der Waals surface area contributed by atoms with Gasteiger partial charge in [-0.1, -0.05) is 11.6 Å². The molecule has 2 aromatic rings. The molecule has 3 aliphatic rings. The van der Waals surface area contributed by atoms with Crippen molar-refractivity contribution in [1.82, 2.24) is 29.0 Å². The number of nitrogens with one attached hydrogen (secondary N) is 2. The van der Waals surface area contributed by atoms with Crippen molar-refractivity contribution < 1.29 is 22.7 Å². The van der Waals surface area contributed by atoms with E-state index in [-0.39, 0.29) is 35.0 Å². The molecular weight excluding hydrogens is 586 g/mol. The van der Waals surface area contributed by atoms with Crippen LogP contribution < -0.4 is 16.2 Å². The van der Waals surface area contributed by atoms with E-state index in [0.29, 0.717) is 69.5 Å². The summed E-state index contributed by atoms with van der Waals surface area (Å²) in [4.78, 5) is 38.3. The monoisotopic (exact) mass is 621 g/mol. The van der Waals surface area contributed by atoms with Crippen molar-refractivity contribution in [2.45, 2.75) is 25.3 Å². The predicted molar refractivity (Wildman–Crippen MR) is 156 cm³/mol. The zero-order valence-electron chi connectivity index (χ0n) is 23.3. The molecule has 1 aromatic heterocycles. The predicted octanol–water partition coefficient (Wildman–Crippen LogP) is 1.85. The van der Waals surface area contributed by atoms with E-state index in [4.69, 9.17) is 33.2 Å². The molecule has 0 radical (unpaired) electrons. The lowest BCUT2D eigenvalue weighted by Crippen LogP contribution is -2.55. The summed E-state index contributed by atoms with van der Waals surface area (Å²) in [5, 5.41) is 7.95. The number of carbonyl (C=O) groups excluding carboxylic acids is 2. The zero-order valence-corrected chi connectivity index (χ0v) is 24.9. The largest absolute Gasteiger partial charge is 0.411 e. The number of sulfonamides is 1. The molecule has 3 aliphatic heterocycles. The lowest BCUT2D eigenvalue weighted by molar-refractivity contribution is 0.124. The number of hydrogen-bond acceptors (Lipinski definition) is 7. The number of halogens is 1. The summed E-state index contributed by atoms with van der Waals surface area (Å²) in [5.41, 5.74) is 12.0. The number of primary amides is 1. The number of urea groups is 1. The van der Waals surface area contributed by atoms with Gasteiger partial charge in [0.15, 0.2) is 11.1 Å². The number of nitrogens with zero attached hydrogens (tertiary/aromatic N) is 5. The Bertz CT molecular complexity index is 1430. The number of imidazole rings is 1. The fraction of sp³-hybridized carbons (Fsp3) is 0.538. The number of amides is 3. The van der Waals surface area contributed by atoms with Crippen molar-refractivity contribution >= 4 is 39.7 Å². The lowest BCUT2D eigenvalue weighted by atomic mass is 9.83. The van der Waals surface area contributed by atoms with Gasteiger partial charge in [0.25, 0.3) is 0 Å². The van der Waals surface area contributed by atoms with Gasteiger partial charge in [0.2, 0.25) is 10.0 Å². The number of piperidine rings is 1. The van der Waals surface area contributed by atoms with Gasteiger partial charge in [0.1, 0.15) is 11.6 Å². The summed E-state index contributed by atoms with van der Waals surface area (Å²) in [6.07, 6.45) is 2.45. The van der Waals surface area contributed by atoms with E-state index in [9.17, 15) is 18.0 Å². The van der Waals surface area contributed by atoms with Gasteiger partial charge in [-0.3, -0.25) is 5.41 Å². The highest BCUT2D eigenvalue weighted by Crippen LogP contribution is 2.43. The molecule has 0 aliphatic carbocycles. The van der Waals surface area contributed by atoms with Crippen LogP contribution in [0, 0.1) is 17.2 Å². The van der Waals surface area contributed by atoms with Crippen molar-refractivity contribution in [1.29, 1.82) is 5.41 Å². The number of carbonyl (C=O) groups is 2. The molecule has 42 heavy (non-hydrogen) atoms. The number of piperazine rings is 1. The van der Waals surface area contributed by atoms with Gasteiger partial charge in [-0.15, -0.1) is 0 Å². The summed E-state index contributed by atoms with van der Waals surface area (Å²) < 4.78 is 30.5. The minimum absolute atomic E-state index is 0.00590. The van der Waals surface area contributed by atoms with Gasteiger partial charge in [-0.25, -0.2) is 27.3 Å². The third-order valence-corrected chi connectivity index (χ3v) is 10.0. The molecule has 16 heteroatoms. The molecule has 14 nitrogen and oxygen atoms in total. The Morgan fingerprint density at radius 2 is 1.64 bits per heavy atom. The lowest BCUT2D eigenvalue weighted by Gasteiger charge is -2.38. The second-order valence-electron chi connectivity index (χ2n) is 11.0. The van der Waals surface area contributed by atoms with E-state index in [1.807, 2.05) is 4.90 Å². The van der Waals surface area contributed by atoms with E-state index in [0.717, 1.165) is 18.4 Å². The molecule has 0 bridgehead atoms. The van der Waals surface area contributed by atoms with Gasteiger partial charge in [0.05, 0.1) is 18.0 Å². The quantitative estimate of drug-likeness (QED) is 0.287. The number of likely N-dealkylation sites (tertiary alicyclic amines) is 1. The molecular formula is C26H36ClN9O5S. The minimum Gasteiger partial charge on any atom is -0.411 e. The Morgan fingerprint density at radius 3 is 2.21 bits per heavy atom. The number of rotatable bonds is 5. The maximum atomic E-state index is 13.9. The second-order valence-corrected chi connectivity index (χ2v) is 13.4. The van der Waals surface area contributed by atoms with Crippen molar-refractivity contribution in [2.24, 2.45) is 23.3 Å². The fourth-order valence-corrected chi connectivity index (χ4v) is 7.33. The fourth-order valence-electron chi connectivity index (χ4n) is 6.20. The van der Waals surface area contributed by atoms with Crippen LogP contribution in [0.3, 0.4) is 0 Å². The number of benzene rings is 1. The van der Waals surface area contributed by atoms with Crippen LogP contribution in [-0.4, -0.2) is 108 Å². The summed E-state index contributed by atoms with van der Waals surface area (Å²) in [7, 11) is -3.24. The molecule has 5 rings (SSSR count). The van der Waals surface area contributed by atoms with E-state index in [2.05, 4.69) is 9.97 Å². The van der Waals surface area contributed by atoms with E-state index in [1.165, 1.54) is 10.6 Å². The van der Waals surface area contributed by atoms with Crippen LogP contribution in [-0.2, 0) is 10.0 Å². The normalized spacial score (nSPS) is 22.4. The SMILES string of the molecule is CS(=O)(=O)N1CCC([C@H]2C[C@@H](c3nc(Cl)c(-c4ccc(OC(N)=O)cc4)[nH]3)N(C(=O)N3CCN(C(=N)N)CC3)C2)CC1. The van der Waals surface area contributed by atoms with Gasteiger partial charge < -0.3 is 35.9 Å². The van der Waals surface area contributed by atoms with Crippen molar-refractivity contribution in [2.75, 3.05) is 52.1 Å². The van der Waals surface area contributed by atoms with Crippen molar-refractivity contribution in [3.8, 4) is 17.0 Å². The maximum Gasteiger partial charge on any atom is 0.409 e. The van der Waals surface area contributed by atoms with Crippen LogP contribution in [0.4, 0.5) is 9.59 Å². The number of nitrogens with two attached hydrogens (primary N) is 2. The summed E-state index contributed by atoms with van der Waals surface area (Å²) in [5.74, 6) is 1.29. The van der Waals surface area contributed by atoms with Crippen molar-refractivity contribution in [3.63, 3.8) is 0 Å². The van der Waals surface area contributed by atoms with Crippen LogP contribution in [0.25, 0.3) is 11.3 Å². The van der Waals surface area contributed by atoms with Crippen LogP contribution in [0.5, 0.6) is 5.75 Å². The molecule has 4 heterocycles.